The van der Waals surface area contributed by atoms with Crippen LogP contribution in [-0.2, 0) is 30.4 Å². The van der Waals surface area contributed by atoms with Crippen LogP contribution in [0.4, 0.5) is 0 Å². The molecule has 0 spiro atoms. The Bertz CT molecular complexity index is 830. The highest BCUT2D eigenvalue weighted by atomic mass is 16.4. The van der Waals surface area contributed by atoms with Gasteiger partial charge in [0.15, 0.2) is 0 Å². The summed E-state index contributed by atoms with van der Waals surface area (Å²) in [5.74, 6) is -3.54. The van der Waals surface area contributed by atoms with Crippen LogP contribution in [0.15, 0.2) is 30.3 Å². The maximum absolute atomic E-state index is 13.1. The number of aliphatic carboxylic acids is 1. The van der Waals surface area contributed by atoms with E-state index in [9.17, 15) is 24.0 Å². The maximum atomic E-state index is 13.1. The number of carbonyl (C=O) groups excluding carboxylic acids is 4. The molecule has 4 N–H and O–H groups in total. The van der Waals surface area contributed by atoms with Gasteiger partial charge in [0.25, 0.3) is 5.78 Å². The number of unbranched alkanes of at least 4 members (excludes halogenated alkanes) is 2. The molecule has 0 saturated carbocycles. The van der Waals surface area contributed by atoms with E-state index in [1.54, 1.807) is 24.3 Å². The Morgan fingerprint density at radius 1 is 0.943 bits per heavy atom. The van der Waals surface area contributed by atoms with Crippen molar-refractivity contribution >= 4 is 29.9 Å². The number of nitrogens with one attached hydrogen (secondary N) is 3. The smallest absolute Gasteiger partial charge is 0.374 e. The topological polar surface area (TPSA) is 142 Å². The number of hydrogen-bond acceptors (Lipinski definition) is 6. The summed E-state index contributed by atoms with van der Waals surface area (Å²) in [6.45, 7) is 6.12. The standard InChI is InChI=1S/C26H39N3O6/c1-4-5-7-11-18(2)17-27-21(14-10-15-30)24(32)29-22(16-20-12-8-6-9-13-20)25(33)28-19(3)23(31)26(34)35/h6,8-9,12-13,15,18-19,21-22,27H,4-5,7,10-11,14,16-17H2,1-3H3,(H,28,33)(H,29,32)(H,34,35)/t18-,19-,21-,22-/m0/s1. The molecule has 1 rings (SSSR count). The Kier molecular flexibility index (Phi) is 14.2. The van der Waals surface area contributed by atoms with Gasteiger partial charge < -0.3 is 25.9 Å². The van der Waals surface area contributed by atoms with E-state index in [-0.39, 0.29) is 19.3 Å². The van der Waals surface area contributed by atoms with Crippen molar-refractivity contribution in [1.29, 1.82) is 0 Å². The number of ketones is 1. The van der Waals surface area contributed by atoms with Crippen molar-refractivity contribution in [2.45, 2.75) is 83.8 Å². The fourth-order valence-electron chi connectivity index (χ4n) is 3.64. The molecule has 2 amide bonds. The summed E-state index contributed by atoms with van der Waals surface area (Å²) in [7, 11) is 0. The summed E-state index contributed by atoms with van der Waals surface area (Å²) in [5.41, 5.74) is 0.784. The van der Waals surface area contributed by atoms with Gasteiger partial charge in [-0.3, -0.25) is 14.4 Å². The second kappa shape index (κ2) is 16.5. The van der Waals surface area contributed by atoms with Gasteiger partial charge in [0.1, 0.15) is 12.3 Å². The fraction of sp³-hybridized carbons (Fsp3) is 0.577. The van der Waals surface area contributed by atoms with Crippen LogP contribution in [0.25, 0.3) is 0 Å². The molecule has 194 valence electrons. The first kappa shape index (κ1) is 30.0. The highest BCUT2D eigenvalue weighted by Gasteiger charge is 2.29. The molecule has 0 heterocycles. The molecular weight excluding hydrogens is 450 g/mol. The highest BCUT2D eigenvalue weighted by Crippen LogP contribution is 2.10. The van der Waals surface area contributed by atoms with Crippen LogP contribution < -0.4 is 16.0 Å². The van der Waals surface area contributed by atoms with Crippen LogP contribution in [0.5, 0.6) is 0 Å². The SMILES string of the molecule is CCCCC[C@H](C)CN[C@@H](CCC=O)C(=O)N[C@@H](Cc1ccccc1)C(=O)N[C@@H](C)C(=O)C(=O)O. The number of Topliss-reactive ketones (excluding diaryl/α,β-unsaturated/α-hetero) is 1. The minimum atomic E-state index is -1.65. The second-order valence-electron chi connectivity index (χ2n) is 8.96. The molecule has 0 aromatic heterocycles. The molecule has 0 unspecified atom stereocenters. The summed E-state index contributed by atoms with van der Waals surface area (Å²) in [5, 5.41) is 17.3. The molecule has 4 atom stereocenters. The van der Waals surface area contributed by atoms with Crippen molar-refractivity contribution in [3.05, 3.63) is 35.9 Å². The van der Waals surface area contributed by atoms with E-state index in [0.717, 1.165) is 37.5 Å². The highest BCUT2D eigenvalue weighted by molar-refractivity contribution is 6.35. The average Bonchev–Trinajstić information content (AvgIpc) is 2.83. The number of carboxylic acid groups (broad SMARTS) is 1. The molecule has 0 aliphatic heterocycles. The molecule has 0 fully saturated rings. The van der Waals surface area contributed by atoms with Gasteiger partial charge in [-0.15, -0.1) is 0 Å². The Labute approximate surface area is 207 Å². The molecule has 0 radical (unpaired) electrons. The fourth-order valence-corrected chi connectivity index (χ4v) is 3.64. The van der Waals surface area contributed by atoms with Gasteiger partial charge in [0.05, 0.1) is 12.1 Å². The van der Waals surface area contributed by atoms with E-state index in [2.05, 4.69) is 29.8 Å². The largest absolute Gasteiger partial charge is 0.475 e. The van der Waals surface area contributed by atoms with Crippen LogP contribution in [0, 0.1) is 5.92 Å². The van der Waals surface area contributed by atoms with Crippen molar-refractivity contribution in [1.82, 2.24) is 16.0 Å². The minimum absolute atomic E-state index is 0.153. The quantitative estimate of drug-likeness (QED) is 0.140. The molecule has 35 heavy (non-hydrogen) atoms. The van der Waals surface area contributed by atoms with Crippen molar-refractivity contribution in [3.63, 3.8) is 0 Å². The Morgan fingerprint density at radius 3 is 2.20 bits per heavy atom. The number of rotatable bonds is 18. The molecule has 9 heteroatoms. The average molecular weight is 490 g/mol. The van der Waals surface area contributed by atoms with E-state index >= 15 is 0 Å². The molecule has 9 nitrogen and oxygen atoms in total. The lowest BCUT2D eigenvalue weighted by molar-refractivity contribution is -0.150. The molecule has 1 aromatic rings. The zero-order valence-corrected chi connectivity index (χ0v) is 20.9. The summed E-state index contributed by atoms with van der Waals surface area (Å²) in [4.78, 5) is 59.7. The number of amides is 2. The lowest BCUT2D eigenvalue weighted by Gasteiger charge is -2.25. The number of benzene rings is 1. The monoisotopic (exact) mass is 489 g/mol. The first-order chi connectivity index (χ1) is 16.7. The maximum Gasteiger partial charge on any atom is 0.374 e. The van der Waals surface area contributed by atoms with Gasteiger partial charge in [-0.1, -0.05) is 63.4 Å². The number of hydrogen-bond donors (Lipinski definition) is 4. The lowest BCUT2D eigenvalue weighted by atomic mass is 10.0. The molecule has 0 aliphatic rings. The third-order valence-corrected chi connectivity index (χ3v) is 5.78. The third kappa shape index (κ3) is 11.8. The van der Waals surface area contributed by atoms with Gasteiger partial charge >= 0.3 is 5.97 Å². The van der Waals surface area contributed by atoms with E-state index < -0.39 is 41.7 Å². The van der Waals surface area contributed by atoms with Crippen molar-refractivity contribution in [2.24, 2.45) is 5.92 Å². The predicted octanol–water partition coefficient (Wildman–Crippen LogP) is 2.03. The van der Waals surface area contributed by atoms with Crippen LogP contribution in [-0.4, -0.2) is 59.6 Å². The van der Waals surface area contributed by atoms with Crippen molar-refractivity contribution in [3.8, 4) is 0 Å². The van der Waals surface area contributed by atoms with E-state index in [4.69, 9.17) is 5.11 Å². The number of aldehydes is 1. The zero-order chi connectivity index (χ0) is 26.2. The lowest BCUT2D eigenvalue weighted by Crippen LogP contribution is -2.56. The number of carbonyl (C=O) groups is 5. The zero-order valence-electron chi connectivity index (χ0n) is 20.9. The summed E-state index contributed by atoms with van der Waals surface area (Å²) < 4.78 is 0. The van der Waals surface area contributed by atoms with Gasteiger partial charge in [-0.25, -0.2) is 4.79 Å². The second-order valence-corrected chi connectivity index (χ2v) is 8.96. The summed E-state index contributed by atoms with van der Waals surface area (Å²) in [6, 6.07) is 6.09. The Hall–Kier alpha value is -3.07. The summed E-state index contributed by atoms with van der Waals surface area (Å²) in [6.07, 6.45) is 5.79. The minimum Gasteiger partial charge on any atom is -0.475 e. The first-order valence-corrected chi connectivity index (χ1v) is 12.3. The molecule has 0 aliphatic carbocycles. The van der Waals surface area contributed by atoms with E-state index in [1.807, 2.05) is 6.07 Å². The third-order valence-electron chi connectivity index (χ3n) is 5.78. The van der Waals surface area contributed by atoms with Gasteiger partial charge in [0.2, 0.25) is 11.8 Å². The normalized spacial score (nSPS) is 14.3. The molecule has 0 bridgehead atoms. The Morgan fingerprint density at radius 2 is 1.60 bits per heavy atom. The molecule has 0 saturated heterocycles. The summed E-state index contributed by atoms with van der Waals surface area (Å²) >= 11 is 0. The van der Waals surface area contributed by atoms with E-state index in [0.29, 0.717) is 12.5 Å². The molecule has 1 aromatic carbocycles. The van der Waals surface area contributed by atoms with E-state index in [1.165, 1.54) is 6.92 Å². The van der Waals surface area contributed by atoms with Crippen LogP contribution in [0.3, 0.4) is 0 Å². The van der Waals surface area contributed by atoms with Crippen LogP contribution in [0.2, 0.25) is 0 Å². The van der Waals surface area contributed by atoms with Crippen molar-refractivity contribution in [2.75, 3.05) is 6.54 Å². The predicted molar refractivity (Wildman–Crippen MR) is 133 cm³/mol. The first-order valence-electron chi connectivity index (χ1n) is 12.3. The van der Waals surface area contributed by atoms with Crippen LogP contribution >= 0.6 is 0 Å². The molecular formula is C26H39N3O6. The van der Waals surface area contributed by atoms with Gasteiger partial charge in [0, 0.05) is 12.8 Å². The van der Waals surface area contributed by atoms with Gasteiger partial charge in [-0.05, 0) is 37.8 Å². The van der Waals surface area contributed by atoms with Crippen molar-refractivity contribution < 1.29 is 29.1 Å². The Balaban J connectivity index is 2.93. The van der Waals surface area contributed by atoms with Crippen LogP contribution in [0.1, 0.15) is 64.9 Å². The number of carboxylic acids is 1. The van der Waals surface area contributed by atoms with Gasteiger partial charge in [-0.2, -0.15) is 0 Å².